The Bertz CT molecular complexity index is 1940. The monoisotopic (exact) mass is 709 g/mol. The van der Waals surface area contributed by atoms with Gasteiger partial charge in [0.15, 0.2) is 0 Å². The molecule has 4 heterocycles. The average Bonchev–Trinajstić information content (AvgIpc) is 3.44. The van der Waals surface area contributed by atoms with E-state index in [-0.39, 0.29) is 55.7 Å². The molecule has 0 spiro atoms. The normalized spacial score (nSPS) is 19.0. The molecule has 274 valence electrons. The van der Waals surface area contributed by atoms with Crippen molar-refractivity contribution >= 4 is 34.6 Å². The smallest absolute Gasteiger partial charge is 0.410 e. The van der Waals surface area contributed by atoms with Gasteiger partial charge in [-0.2, -0.15) is 0 Å². The van der Waals surface area contributed by atoms with E-state index in [9.17, 15) is 19.2 Å². The quantitative estimate of drug-likeness (QED) is 0.205. The van der Waals surface area contributed by atoms with Crippen LogP contribution in [0.15, 0.2) is 77.6 Å². The molecule has 3 saturated heterocycles. The van der Waals surface area contributed by atoms with Crippen LogP contribution in [0.4, 0.5) is 10.5 Å². The first kappa shape index (κ1) is 35.3. The Hall–Kier alpha value is -5.10. The van der Waals surface area contributed by atoms with Gasteiger partial charge >= 0.3 is 11.8 Å². The maximum absolute atomic E-state index is 13.9. The van der Waals surface area contributed by atoms with E-state index in [1.54, 1.807) is 40.3 Å². The minimum Gasteiger partial charge on any atom is -0.497 e. The van der Waals surface area contributed by atoms with Gasteiger partial charge in [0.05, 0.1) is 36.5 Å². The summed E-state index contributed by atoms with van der Waals surface area (Å²) in [5.74, 6) is 0.525. The molecule has 3 aliphatic rings. The molecule has 3 amide bonds. The van der Waals surface area contributed by atoms with E-state index in [1.807, 2.05) is 60.7 Å². The number of nitrogens with zero attached hydrogens (tertiary/aromatic N) is 5. The number of amides is 3. The Morgan fingerprint density at radius 1 is 0.808 bits per heavy atom. The lowest BCUT2D eigenvalue weighted by Crippen LogP contribution is -2.47. The molecule has 3 aromatic carbocycles. The van der Waals surface area contributed by atoms with E-state index >= 15 is 0 Å². The third-order valence-corrected chi connectivity index (χ3v) is 10.8. The summed E-state index contributed by atoms with van der Waals surface area (Å²) in [7, 11) is 3.35. The number of aryl methyl sites for hydroxylation is 1. The Balaban J connectivity index is 0.944. The van der Waals surface area contributed by atoms with Gasteiger partial charge in [-0.05, 0) is 73.4 Å². The topological polar surface area (TPSA) is 116 Å². The van der Waals surface area contributed by atoms with Gasteiger partial charge in [0, 0.05) is 46.3 Å². The van der Waals surface area contributed by atoms with Crippen molar-refractivity contribution in [3.8, 4) is 5.75 Å². The summed E-state index contributed by atoms with van der Waals surface area (Å²) >= 11 is 0. The fraction of sp³-hybridized carbons (Fsp3) is 0.450. The number of para-hydroxylation sites is 1. The summed E-state index contributed by atoms with van der Waals surface area (Å²) in [6, 6.07) is 22.1. The van der Waals surface area contributed by atoms with Crippen LogP contribution in [0.1, 0.15) is 55.7 Å². The van der Waals surface area contributed by atoms with E-state index in [2.05, 4.69) is 4.90 Å². The third-order valence-electron chi connectivity index (χ3n) is 10.8. The highest BCUT2D eigenvalue weighted by molar-refractivity contribution is 6.00. The molecular weight excluding hydrogens is 662 g/mol. The molecule has 0 radical (unpaired) electrons. The maximum Gasteiger partial charge on any atom is 0.410 e. The second-order valence-electron chi connectivity index (χ2n) is 14.1. The van der Waals surface area contributed by atoms with Crippen LogP contribution in [-0.2, 0) is 39.3 Å². The SMILES string of the molecule is COc1ccc(CN2C(=O)CCC(n3c(=O)n(C)c4c(N5CCC(COC6CCN(C(=O)OCc7ccccc7)CC6)CC5)cccc43)C2=O)cc1. The van der Waals surface area contributed by atoms with Crippen LogP contribution in [0.25, 0.3) is 11.0 Å². The molecule has 12 nitrogen and oxygen atoms in total. The lowest BCUT2D eigenvalue weighted by molar-refractivity contribution is -0.151. The van der Waals surface area contributed by atoms with E-state index in [4.69, 9.17) is 14.2 Å². The summed E-state index contributed by atoms with van der Waals surface area (Å²) in [6.45, 7) is 4.01. The summed E-state index contributed by atoms with van der Waals surface area (Å²) in [4.78, 5) is 58.5. The minimum absolute atomic E-state index is 0.129. The molecule has 3 aliphatic heterocycles. The zero-order valence-electron chi connectivity index (χ0n) is 29.9. The number of hydrogen-bond acceptors (Lipinski definition) is 8. The Morgan fingerprint density at radius 3 is 2.25 bits per heavy atom. The fourth-order valence-electron chi connectivity index (χ4n) is 7.74. The third kappa shape index (κ3) is 7.43. The molecule has 1 atom stereocenters. The number of ether oxygens (including phenoxy) is 3. The van der Waals surface area contributed by atoms with Gasteiger partial charge < -0.3 is 24.0 Å². The van der Waals surface area contributed by atoms with Crippen LogP contribution in [0.5, 0.6) is 5.75 Å². The number of imide groups is 1. The molecule has 0 aliphatic carbocycles. The number of carbonyl (C=O) groups excluding carboxylic acids is 3. The first-order valence-corrected chi connectivity index (χ1v) is 18.3. The summed E-state index contributed by atoms with van der Waals surface area (Å²) < 4.78 is 20.3. The number of likely N-dealkylation sites (tertiary alicyclic amines) is 2. The summed E-state index contributed by atoms with van der Waals surface area (Å²) in [6.07, 6.45) is 3.83. The lowest BCUT2D eigenvalue weighted by Gasteiger charge is -2.36. The fourth-order valence-corrected chi connectivity index (χ4v) is 7.74. The predicted octanol–water partition coefficient (Wildman–Crippen LogP) is 5.27. The number of rotatable bonds is 10. The number of piperidine rings is 3. The Morgan fingerprint density at radius 2 is 1.54 bits per heavy atom. The van der Waals surface area contributed by atoms with E-state index in [1.165, 1.54) is 4.90 Å². The number of imidazole rings is 1. The van der Waals surface area contributed by atoms with Crippen molar-refractivity contribution in [2.45, 2.75) is 63.8 Å². The molecule has 0 bridgehead atoms. The largest absolute Gasteiger partial charge is 0.497 e. The van der Waals surface area contributed by atoms with Gasteiger partial charge in [-0.15, -0.1) is 0 Å². The van der Waals surface area contributed by atoms with Crippen LogP contribution in [0.2, 0.25) is 0 Å². The van der Waals surface area contributed by atoms with Crippen molar-refractivity contribution in [3.63, 3.8) is 0 Å². The predicted molar refractivity (Wildman–Crippen MR) is 196 cm³/mol. The van der Waals surface area contributed by atoms with Crippen LogP contribution < -0.4 is 15.3 Å². The Labute approximate surface area is 303 Å². The second kappa shape index (κ2) is 15.6. The molecule has 0 N–H and O–H groups in total. The Kier molecular flexibility index (Phi) is 10.6. The molecular formula is C40H47N5O7. The van der Waals surface area contributed by atoms with Gasteiger partial charge in [0.1, 0.15) is 18.4 Å². The van der Waals surface area contributed by atoms with Gasteiger partial charge in [-0.25, -0.2) is 9.59 Å². The van der Waals surface area contributed by atoms with Crippen LogP contribution >= 0.6 is 0 Å². The molecule has 0 saturated carbocycles. The zero-order valence-corrected chi connectivity index (χ0v) is 29.9. The minimum atomic E-state index is -0.767. The first-order valence-electron chi connectivity index (χ1n) is 18.3. The maximum atomic E-state index is 13.9. The molecule has 7 rings (SSSR count). The van der Waals surface area contributed by atoms with Gasteiger partial charge in [-0.3, -0.25) is 23.6 Å². The summed E-state index contributed by atoms with van der Waals surface area (Å²) in [5.41, 5.74) is 3.98. The van der Waals surface area contributed by atoms with Crippen LogP contribution in [0.3, 0.4) is 0 Å². The highest BCUT2D eigenvalue weighted by Gasteiger charge is 2.38. The van der Waals surface area contributed by atoms with E-state index < -0.39 is 6.04 Å². The number of methoxy groups -OCH3 is 1. The van der Waals surface area contributed by atoms with Gasteiger partial charge in [0.2, 0.25) is 5.91 Å². The van der Waals surface area contributed by atoms with Crippen LogP contribution in [0, 0.1) is 5.92 Å². The molecule has 52 heavy (non-hydrogen) atoms. The first-order chi connectivity index (χ1) is 25.3. The zero-order chi connectivity index (χ0) is 36.2. The number of carbonyl (C=O) groups is 3. The number of hydrogen-bond donors (Lipinski definition) is 0. The number of fused-ring (bicyclic) bond motifs is 1. The van der Waals surface area contributed by atoms with Crippen molar-refractivity contribution in [3.05, 3.63) is 94.4 Å². The van der Waals surface area contributed by atoms with E-state index in [0.717, 1.165) is 61.1 Å². The second-order valence-corrected chi connectivity index (χ2v) is 14.1. The highest BCUT2D eigenvalue weighted by Crippen LogP contribution is 2.34. The lowest BCUT2D eigenvalue weighted by atomic mass is 9.97. The molecule has 3 fully saturated rings. The average molecular weight is 710 g/mol. The summed E-state index contributed by atoms with van der Waals surface area (Å²) in [5, 5.41) is 0. The molecule has 1 aromatic heterocycles. The van der Waals surface area contributed by atoms with Crippen molar-refractivity contribution in [2.24, 2.45) is 13.0 Å². The standard InChI is InChI=1S/C40H47N5O7/c1-41-37-33(42-21-17-30(18-22-42)26-51-32-19-23-43(24-20-32)40(49)52-27-29-7-4-3-5-8-29)9-6-10-34(37)45(39(41)48)35-15-16-36(46)44(38(35)47)25-28-11-13-31(50-2)14-12-28/h3-14,30,32,35H,15-27H2,1-2H3. The highest BCUT2D eigenvalue weighted by atomic mass is 16.6. The van der Waals surface area contributed by atoms with Gasteiger partial charge in [-0.1, -0.05) is 48.5 Å². The number of benzene rings is 3. The van der Waals surface area contributed by atoms with Crippen molar-refractivity contribution < 1.29 is 28.6 Å². The molecule has 4 aromatic rings. The molecule has 1 unspecified atom stereocenters. The number of anilines is 1. The van der Waals surface area contributed by atoms with Crippen molar-refractivity contribution in [1.82, 2.24) is 18.9 Å². The van der Waals surface area contributed by atoms with Crippen molar-refractivity contribution in [1.29, 1.82) is 0 Å². The number of aromatic nitrogens is 2. The van der Waals surface area contributed by atoms with E-state index in [0.29, 0.717) is 36.9 Å². The van der Waals surface area contributed by atoms with Crippen LogP contribution in [-0.4, -0.2) is 82.8 Å². The van der Waals surface area contributed by atoms with Crippen molar-refractivity contribution in [2.75, 3.05) is 44.8 Å². The van der Waals surface area contributed by atoms with Gasteiger partial charge in [0.25, 0.3) is 5.91 Å². The molecule has 12 heteroatoms.